The number of thiazole rings is 1. The van der Waals surface area contributed by atoms with Gasteiger partial charge in [0.05, 0.1) is 5.69 Å². The highest BCUT2D eigenvalue weighted by Crippen LogP contribution is 2.26. The molecule has 0 bridgehead atoms. The van der Waals surface area contributed by atoms with E-state index in [4.69, 9.17) is 0 Å². The number of nitrogens with one attached hydrogen (secondary N) is 1. The van der Waals surface area contributed by atoms with Gasteiger partial charge in [0.15, 0.2) is 5.13 Å². The van der Waals surface area contributed by atoms with Crippen molar-refractivity contribution in [3.8, 4) is 0 Å². The average Bonchev–Trinajstić information content (AvgIpc) is 3.00. The number of nitrogens with zero attached hydrogens (tertiary/aromatic N) is 2. The lowest BCUT2D eigenvalue weighted by atomic mass is 10.4. The first-order chi connectivity index (χ1) is 7.70. The highest BCUT2D eigenvalue weighted by Gasteiger charge is 2.21. The molecule has 1 aromatic heterocycles. The maximum atomic E-state index is 4.63. The first-order valence-corrected chi connectivity index (χ1v) is 6.93. The molecule has 0 atom stereocenters. The van der Waals surface area contributed by atoms with Gasteiger partial charge >= 0.3 is 0 Å². The molecule has 0 spiro atoms. The molecule has 3 nitrogen and oxygen atoms in total. The lowest BCUT2D eigenvalue weighted by molar-refractivity contribution is 0.691. The Morgan fingerprint density at radius 1 is 1.50 bits per heavy atom. The Morgan fingerprint density at radius 3 is 2.88 bits per heavy atom. The zero-order valence-electron chi connectivity index (χ0n) is 10.4. The fraction of sp³-hybridized carbons (Fsp3) is 0.750. The zero-order chi connectivity index (χ0) is 11.5. The highest BCUT2D eigenvalue weighted by atomic mass is 32.1. The van der Waals surface area contributed by atoms with Crippen molar-refractivity contribution in [3.63, 3.8) is 0 Å². The van der Waals surface area contributed by atoms with E-state index in [2.05, 4.69) is 36.1 Å². The van der Waals surface area contributed by atoms with Gasteiger partial charge in [-0.15, -0.1) is 11.3 Å². The molecule has 2 rings (SSSR count). The Labute approximate surface area is 102 Å². The van der Waals surface area contributed by atoms with Gasteiger partial charge in [0.2, 0.25) is 0 Å². The summed E-state index contributed by atoms with van der Waals surface area (Å²) in [6, 6.07) is 0.776. The summed E-state index contributed by atoms with van der Waals surface area (Å²) in [7, 11) is 2.12. The van der Waals surface area contributed by atoms with E-state index in [0.717, 1.165) is 24.3 Å². The van der Waals surface area contributed by atoms with Gasteiger partial charge < -0.3 is 10.2 Å². The topological polar surface area (TPSA) is 28.2 Å². The molecule has 0 unspecified atom stereocenters. The summed E-state index contributed by atoms with van der Waals surface area (Å²) in [6.07, 6.45) is 3.87. The van der Waals surface area contributed by atoms with Crippen molar-refractivity contribution in [3.05, 3.63) is 10.6 Å². The Balaban J connectivity index is 1.96. The maximum Gasteiger partial charge on any atom is 0.185 e. The fourth-order valence-corrected chi connectivity index (χ4v) is 2.69. The molecule has 4 heteroatoms. The van der Waals surface area contributed by atoms with E-state index in [0.29, 0.717) is 0 Å². The summed E-state index contributed by atoms with van der Waals surface area (Å²) in [5.74, 6) is 0. The highest BCUT2D eigenvalue weighted by molar-refractivity contribution is 7.15. The number of aryl methyl sites for hydroxylation is 1. The number of aromatic nitrogens is 1. The van der Waals surface area contributed by atoms with Crippen LogP contribution < -0.4 is 10.2 Å². The minimum absolute atomic E-state index is 0.776. The van der Waals surface area contributed by atoms with Crippen LogP contribution in [0.5, 0.6) is 0 Å². The van der Waals surface area contributed by atoms with Crippen LogP contribution in [0.25, 0.3) is 0 Å². The monoisotopic (exact) mass is 239 g/mol. The van der Waals surface area contributed by atoms with Crippen molar-refractivity contribution < 1.29 is 0 Å². The quantitative estimate of drug-likeness (QED) is 0.827. The average molecular weight is 239 g/mol. The second-order valence-corrected chi connectivity index (χ2v) is 5.64. The second kappa shape index (κ2) is 5.15. The van der Waals surface area contributed by atoms with Crippen LogP contribution in [-0.4, -0.2) is 24.6 Å². The summed E-state index contributed by atoms with van der Waals surface area (Å²) >= 11 is 1.83. The standard InChI is InChI=1S/C12H21N3S/c1-4-7-15(3)12-14-9(2)11(16-12)8-13-10-5-6-10/h10,13H,4-8H2,1-3H3. The van der Waals surface area contributed by atoms with Gasteiger partial charge in [-0.3, -0.25) is 0 Å². The molecular formula is C12H21N3S. The molecule has 0 aliphatic heterocycles. The number of hydrogen-bond acceptors (Lipinski definition) is 4. The van der Waals surface area contributed by atoms with Crippen molar-refractivity contribution in [1.82, 2.24) is 10.3 Å². The molecule has 1 aliphatic carbocycles. The number of hydrogen-bond donors (Lipinski definition) is 1. The Morgan fingerprint density at radius 2 is 2.25 bits per heavy atom. The molecule has 1 aromatic rings. The van der Waals surface area contributed by atoms with Crippen LogP contribution >= 0.6 is 11.3 Å². The lowest BCUT2D eigenvalue weighted by Crippen LogP contribution is -2.17. The smallest absolute Gasteiger partial charge is 0.185 e. The number of rotatable bonds is 6. The van der Waals surface area contributed by atoms with Crippen molar-refractivity contribution >= 4 is 16.5 Å². The molecule has 16 heavy (non-hydrogen) atoms. The van der Waals surface area contributed by atoms with Crippen LogP contribution in [0.2, 0.25) is 0 Å². The minimum Gasteiger partial charge on any atom is -0.351 e. The minimum atomic E-state index is 0.776. The molecular weight excluding hydrogens is 218 g/mol. The molecule has 90 valence electrons. The predicted octanol–water partition coefficient (Wildman–Crippen LogP) is 2.55. The fourth-order valence-electron chi connectivity index (χ4n) is 1.70. The van der Waals surface area contributed by atoms with Crippen LogP contribution in [0.1, 0.15) is 36.8 Å². The summed E-state index contributed by atoms with van der Waals surface area (Å²) < 4.78 is 0. The SMILES string of the molecule is CCCN(C)c1nc(C)c(CNC2CC2)s1. The largest absolute Gasteiger partial charge is 0.351 e. The normalized spacial score (nSPS) is 15.4. The third-order valence-corrected chi connectivity index (χ3v) is 4.17. The van der Waals surface area contributed by atoms with Gasteiger partial charge in [-0.25, -0.2) is 4.98 Å². The summed E-state index contributed by atoms with van der Waals surface area (Å²) in [6.45, 7) is 6.40. The van der Waals surface area contributed by atoms with Gasteiger partial charge in [-0.1, -0.05) is 6.92 Å². The first-order valence-electron chi connectivity index (χ1n) is 6.11. The van der Waals surface area contributed by atoms with Gasteiger partial charge in [0, 0.05) is 31.1 Å². The molecule has 1 saturated carbocycles. The van der Waals surface area contributed by atoms with Crippen LogP contribution in [0.3, 0.4) is 0 Å². The van der Waals surface area contributed by atoms with E-state index >= 15 is 0 Å². The third kappa shape index (κ3) is 2.95. The Bertz CT molecular complexity index is 344. The van der Waals surface area contributed by atoms with Gasteiger partial charge in [-0.05, 0) is 26.2 Å². The molecule has 1 aliphatic rings. The maximum absolute atomic E-state index is 4.63. The second-order valence-electron chi connectivity index (χ2n) is 4.58. The van der Waals surface area contributed by atoms with E-state index in [9.17, 15) is 0 Å². The number of anilines is 1. The molecule has 0 amide bonds. The van der Waals surface area contributed by atoms with E-state index in [1.165, 1.54) is 29.8 Å². The van der Waals surface area contributed by atoms with Gasteiger partial charge in [-0.2, -0.15) is 0 Å². The molecule has 1 N–H and O–H groups in total. The van der Waals surface area contributed by atoms with Crippen LogP contribution in [0.15, 0.2) is 0 Å². The molecule has 0 radical (unpaired) electrons. The van der Waals surface area contributed by atoms with Crippen LogP contribution in [0, 0.1) is 6.92 Å². The molecule has 1 fully saturated rings. The first kappa shape index (κ1) is 11.9. The van der Waals surface area contributed by atoms with Crippen molar-refractivity contribution in [2.75, 3.05) is 18.5 Å². The van der Waals surface area contributed by atoms with Crippen molar-refractivity contribution in [1.29, 1.82) is 0 Å². The molecule has 1 heterocycles. The molecule has 0 aromatic carbocycles. The van der Waals surface area contributed by atoms with E-state index in [-0.39, 0.29) is 0 Å². The Kier molecular flexibility index (Phi) is 3.82. The van der Waals surface area contributed by atoms with Crippen molar-refractivity contribution in [2.45, 2.75) is 45.7 Å². The summed E-state index contributed by atoms with van der Waals surface area (Å²) in [5.41, 5.74) is 1.19. The lowest BCUT2D eigenvalue weighted by Gasteiger charge is -2.13. The van der Waals surface area contributed by atoms with E-state index < -0.39 is 0 Å². The van der Waals surface area contributed by atoms with Crippen LogP contribution in [-0.2, 0) is 6.54 Å². The predicted molar refractivity (Wildman–Crippen MR) is 70.3 cm³/mol. The van der Waals surface area contributed by atoms with Gasteiger partial charge in [0.1, 0.15) is 0 Å². The van der Waals surface area contributed by atoms with E-state index in [1.807, 2.05) is 11.3 Å². The molecule has 0 saturated heterocycles. The Hall–Kier alpha value is -0.610. The summed E-state index contributed by atoms with van der Waals surface area (Å²) in [4.78, 5) is 8.27. The van der Waals surface area contributed by atoms with E-state index in [1.54, 1.807) is 0 Å². The van der Waals surface area contributed by atoms with Crippen molar-refractivity contribution in [2.24, 2.45) is 0 Å². The zero-order valence-corrected chi connectivity index (χ0v) is 11.2. The third-order valence-electron chi connectivity index (χ3n) is 2.90. The summed E-state index contributed by atoms with van der Waals surface area (Å²) in [5, 5.41) is 4.71. The van der Waals surface area contributed by atoms with Crippen LogP contribution in [0.4, 0.5) is 5.13 Å². The van der Waals surface area contributed by atoms with Gasteiger partial charge in [0.25, 0.3) is 0 Å².